The van der Waals surface area contributed by atoms with E-state index in [1.807, 2.05) is 13.8 Å². The van der Waals surface area contributed by atoms with Gasteiger partial charge in [0.2, 0.25) is 0 Å². The SMILES string of the molecule is CC.CC1(C2=CCc3ccccc32)c2ccccc2-c2ccccc21. The summed E-state index contributed by atoms with van der Waals surface area (Å²) in [6, 6.07) is 26.6. The summed E-state index contributed by atoms with van der Waals surface area (Å²) in [6.07, 6.45) is 3.48. The molecule has 2 aliphatic rings. The van der Waals surface area contributed by atoms with Crippen molar-refractivity contribution in [1.82, 2.24) is 0 Å². The van der Waals surface area contributed by atoms with Gasteiger partial charge in [0.25, 0.3) is 0 Å². The smallest absolute Gasteiger partial charge is 0.0438 e. The van der Waals surface area contributed by atoms with Gasteiger partial charge in [-0.05, 0) is 52.3 Å². The highest BCUT2D eigenvalue weighted by molar-refractivity contribution is 5.93. The van der Waals surface area contributed by atoms with Crippen LogP contribution in [0.3, 0.4) is 0 Å². The van der Waals surface area contributed by atoms with Gasteiger partial charge in [-0.2, -0.15) is 0 Å². The first-order valence-corrected chi connectivity index (χ1v) is 9.28. The fraction of sp³-hybridized carbons (Fsp3) is 0.200. The van der Waals surface area contributed by atoms with E-state index in [9.17, 15) is 0 Å². The molecule has 0 saturated heterocycles. The second-order valence-corrected chi connectivity index (χ2v) is 6.70. The van der Waals surface area contributed by atoms with Gasteiger partial charge in [-0.1, -0.05) is 92.7 Å². The van der Waals surface area contributed by atoms with Gasteiger partial charge in [-0.3, -0.25) is 0 Å². The Morgan fingerprint density at radius 1 is 0.640 bits per heavy atom. The summed E-state index contributed by atoms with van der Waals surface area (Å²) in [4.78, 5) is 0. The highest BCUT2D eigenvalue weighted by Gasteiger charge is 2.43. The minimum atomic E-state index is -0.0558. The topological polar surface area (TPSA) is 0 Å². The molecule has 0 unspecified atom stereocenters. The zero-order valence-corrected chi connectivity index (χ0v) is 15.2. The maximum Gasteiger partial charge on any atom is 0.0438 e. The van der Waals surface area contributed by atoms with E-state index in [4.69, 9.17) is 0 Å². The van der Waals surface area contributed by atoms with Gasteiger partial charge in [0, 0.05) is 5.41 Å². The molecule has 0 radical (unpaired) electrons. The summed E-state index contributed by atoms with van der Waals surface area (Å²) < 4.78 is 0. The molecule has 0 saturated carbocycles. The van der Waals surface area contributed by atoms with E-state index in [-0.39, 0.29) is 5.41 Å². The standard InChI is InChI=1S/C23H18.C2H6/c1-23(22-15-14-16-8-2-3-9-17(16)22)20-12-6-4-10-18(20)19-11-5-7-13-21(19)23;1-2/h2-13,15H,14H2,1H3;1-2H3. The van der Waals surface area contributed by atoms with E-state index in [2.05, 4.69) is 85.8 Å². The van der Waals surface area contributed by atoms with Crippen LogP contribution in [-0.2, 0) is 11.8 Å². The quantitative estimate of drug-likeness (QED) is 0.471. The van der Waals surface area contributed by atoms with E-state index in [1.54, 1.807) is 0 Å². The summed E-state index contributed by atoms with van der Waals surface area (Å²) in [6.45, 7) is 6.39. The van der Waals surface area contributed by atoms with Crippen LogP contribution < -0.4 is 0 Å². The Morgan fingerprint density at radius 2 is 1.12 bits per heavy atom. The lowest BCUT2D eigenvalue weighted by Gasteiger charge is -2.30. The van der Waals surface area contributed by atoms with Gasteiger partial charge in [-0.15, -0.1) is 0 Å². The van der Waals surface area contributed by atoms with Gasteiger partial charge < -0.3 is 0 Å². The Morgan fingerprint density at radius 3 is 1.72 bits per heavy atom. The molecule has 0 amide bonds. The van der Waals surface area contributed by atoms with E-state index in [0.717, 1.165) is 6.42 Å². The average molecular weight is 324 g/mol. The van der Waals surface area contributed by atoms with Crippen molar-refractivity contribution < 1.29 is 0 Å². The van der Waals surface area contributed by atoms with E-state index in [1.165, 1.54) is 39.0 Å². The summed E-state index contributed by atoms with van der Waals surface area (Å²) in [7, 11) is 0. The van der Waals surface area contributed by atoms with Crippen LogP contribution in [0.2, 0.25) is 0 Å². The molecule has 0 heteroatoms. The van der Waals surface area contributed by atoms with Crippen molar-refractivity contribution in [2.75, 3.05) is 0 Å². The lowest BCUT2D eigenvalue weighted by atomic mass is 9.72. The average Bonchev–Trinajstić information content (AvgIpc) is 3.23. The lowest BCUT2D eigenvalue weighted by molar-refractivity contribution is 0.771. The van der Waals surface area contributed by atoms with Crippen molar-refractivity contribution in [3.8, 4) is 11.1 Å². The van der Waals surface area contributed by atoms with Crippen molar-refractivity contribution >= 4 is 5.57 Å². The van der Waals surface area contributed by atoms with Crippen molar-refractivity contribution in [3.63, 3.8) is 0 Å². The van der Waals surface area contributed by atoms with Crippen LogP contribution in [0.25, 0.3) is 16.7 Å². The molecule has 0 fully saturated rings. The first-order valence-electron chi connectivity index (χ1n) is 9.28. The third-order valence-electron chi connectivity index (χ3n) is 5.59. The molecule has 0 atom stereocenters. The number of allylic oxidation sites excluding steroid dienone is 2. The van der Waals surface area contributed by atoms with Gasteiger partial charge in [0.15, 0.2) is 0 Å². The van der Waals surface area contributed by atoms with Gasteiger partial charge >= 0.3 is 0 Å². The Hall–Kier alpha value is -2.60. The molecule has 3 aromatic carbocycles. The van der Waals surface area contributed by atoms with Crippen LogP contribution in [0.4, 0.5) is 0 Å². The highest BCUT2D eigenvalue weighted by Crippen LogP contribution is 2.56. The Balaban J connectivity index is 0.000000758. The largest absolute Gasteiger partial charge is 0.0750 e. The van der Waals surface area contributed by atoms with Crippen molar-refractivity contribution in [1.29, 1.82) is 0 Å². The van der Waals surface area contributed by atoms with Crippen molar-refractivity contribution in [2.45, 2.75) is 32.6 Å². The molecule has 3 aromatic rings. The minimum absolute atomic E-state index is 0.0558. The Labute approximate surface area is 150 Å². The number of fused-ring (bicyclic) bond motifs is 4. The van der Waals surface area contributed by atoms with Crippen LogP contribution >= 0.6 is 0 Å². The molecule has 0 aromatic heterocycles. The molecule has 0 heterocycles. The summed E-state index contributed by atoms with van der Waals surface area (Å²) in [5, 5.41) is 0. The number of hydrogen-bond donors (Lipinski definition) is 0. The van der Waals surface area contributed by atoms with Crippen LogP contribution in [0.15, 0.2) is 78.9 Å². The molecule has 2 aliphatic carbocycles. The number of benzene rings is 3. The fourth-order valence-electron chi connectivity index (χ4n) is 4.50. The van der Waals surface area contributed by atoms with Gasteiger partial charge in [-0.25, -0.2) is 0 Å². The van der Waals surface area contributed by atoms with Crippen molar-refractivity contribution in [2.24, 2.45) is 0 Å². The molecule has 124 valence electrons. The van der Waals surface area contributed by atoms with E-state index >= 15 is 0 Å². The van der Waals surface area contributed by atoms with Crippen LogP contribution in [0.1, 0.15) is 43.0 Å². The number of hydrogen-bond acceptors (Lipinski definition) is 0. The summed E-state index contributed by atoms with van der Waals surface area (Å²) in [5.74, 6) is 0. The van der Waals surface area contributed by atoms with E-state index in [0.29, 0.717) is 0 Å². The van der Waals surface area contributed by atoms with Gasteiger partial charge in [0.1, 0.15) is 0 Å². The molecule has 5 rings (SSSR count). The first kappa shape index (κ1) is 15.9. The molecule has 0 bridgehead atoms. The van der Waals surface area contributed by atoms with E-state index < -0.39 is 0 Å². The maximum atomic E-state index is 2.43. The highest BCUT2D eigenvalue weighted by atomic mass is 14.5. The molecule has 0 nitrogen and oxygen atoms in total. The summed E-state index contributed by atoms with van der Waals surface area (Å²) in [5.41, 5.74) is 9.91. The van der Waals surface area contributed by atoms with Crippen LogP contribution in [0.5, 0.6) is 0 Å². The fourth-order valence-corrected chi connectivity index (χ4v) is 4.50. The Kier molecular flexibility index (Phi) is 3.84. The van der Waals surface area contributed by atoms with Crippen molar-refractivity contribution in [3.05, 3.63) is 101 Å². The zero-order chi connectivity index (χ0) is 17.4. The monoisotopic (exact) mass is 324 g/mol. The first-order chi connectivity index (χ1) is 12.3. The lowest BCUT2D eigenvalue weighted by Crippen LogP contribution is -2.22. The maximum absolute atomic E-state index is 2.43. The molecule has 0 spiro atoms. The summed E-state index contributed by atoms with van der Waals surface area (Å²) >= 11 is 0. The Bertz CT molecular complexity index is 914. The second kappa shape index (κ2) is 6.04. The normalized spacial score (nSPS) is 15.4. The predicted octanol–water partition coefficient (Wildman–Crippen LogP) is 6.64. The zero-order valence-electron chi connectivity index (χ0n) is 15.2. The third kappa shape index (κ3) is 2.14. The van der Waals surface area contributed by atoms with Crippen LogP contribution in [-0.4, -0.2) is 0 Å². The molecule has 0 aliphatic heterocycles. The molecular formula is C25H24. The van der Waals surface area contributed by atoms with Gasteiger partial charge in [0.05, 0.1) is 0 Å². The third-order valence-corrected chi connectivity index (χ3v) is 5.59. The molecular weight excluding hydrogens is 300 g/mol. The second-order valence-electron chi connectivity index (χ2n) is 6.70. The minimum Gasteiger partial charge on any atom is -0.0750 e. The molecule has 25 heavy (non-hydrogen) atoms. The van der Waals surface area contributed by atoms with Crippen LogP contribution in [0, 0.1) is 0 Å². The molecule has 0 N–H and O–H groups in total. The predicted molar refractivity (Wildman–Crippen MR) is 108 cm³/mol. The number of rotatable bonds is 1.